The summed E-state index contributed by atoms with van der Waals surface area (Å²) in [5.74, 6) is 0.954. The molecule has 1 aliphatic rings. The van der Waals surface area contributed by atoms with Crippen LogP contribution in [0.1, 0.15) is 32.6 Å². The number of hydrogen-bond donors (Lipinski definition) is 2. The molecule has 2 aromatic rings. The molecule has 122 valence electrons. The van der Waals surface area contributed by atoms with Crippen LogP contribution in [-0.2, 0) is 11.3 Å². The standard InChI is InChI=1S/C16H22N6O/c1-11-4-2-3-5-14(11)18-15(23)10-22-20-16(19-21-22)12-6-8-13(17)9-7-12/h6-9,11,14H,2-5,10,17H2,1H3,(H,18,23). The van der Waals surface area contributed by atoms with E-state index in [9.17, 15) is 4.79 Å². The third-order valence-corrected chi connectivity index (χ3v) is 4.36. The fraction of sp³-hybridized carbons (Fsp3) is 0.500. The molecule has 1 aromatic carbocycles. The number of aromatic nitrogens is 4. The van der Waals surface area contributed by atoms with E-state index >= 15 is 0 Å². The van der Waals surface area contributed by atoms with E-state index in [4.69, 9.17) is 5.73 Å². The number of amides is 1. The number of anilines is 1. The van der Waals surface area contributed by atoms with Crippen molar-refractivity contribution in [2.45, 2.75) is 45.2 Å². The first-order valence-corrected chi connectivity index (χ1v) is 8.05. The zero-order chi connectivity index (χ0) is 16.2. The van der Waals surface area contributed by atoms with Gasteiger partial charge < -0.3 is 11.1 Å². The quantitative estimate of drug-likeness (QED) is 0.835. The summed E-state index contributed by atoms with van der Waals surface area (Å²) in [7, 11) is 0. The third-order valence-electron chi connectivity index (χ3n) is 4.36. The van der Waals surface area contributed by atoms with Gasteiger partial charge in [0, 0.05) is 17.3 Å². The summed E-state index contributed by atoms with van der Waals surface area (Å²) in [5.41, 5.74) is 7.17. The average Bonchev–Trinajstić information content (AvgIpc) is 2.98. The number of nitrogens with two attached hydrogens (primary N) is 1. The van der Waals surface area contributed by atoms with Gasteiger partial charge in [-0.25, -0.2) is 0 Å². The van der Waals surface area contributed by atoms with Gasteiger partial charge in [0.25, 0.3) is 0 Å². The molecular weight excluding hydrogens is 292 g/mol. The summed E-state index contributed by atoms with van der Waals surface area (Å²) in [5, 5.41) is 15.3. The molecule has 2 unspecified atom stereocenters. The Balaban J connectivity index is 1.60. The molecule has 2 atom stereocenters. The molecule has 0 bridgehead atoms. The Bertz CT molecular complexity index is 665. The summed E-state index contributed by atoms with van der Waals surface area (Å²) in [6.07, 6.45) is 4.66. The highest BCUT2D eigenvalue weighted by atomic mass is 16.2. The number of carbonyl (C=O) groups is 1. The molecule has 7 heteroatoms. The van der Waals surface area contributed by atoms with Crippen molar-refractivity contribution < 1.29 is 4.79 Å². The van der Waals surface area contributed by atoms with Crippen LogP contribution in [-0.4, -0.2) is 32.2 Å². The van der Waals surface area contributed by atoms with E-state index in [1.54, 1.807) is 12.1 Å². The maximum Gasteiger partial charge on any atom is 0.243 e. The van der Waals surface area contributed by atoms with Gasteiger partial charge in [-0.05, 0) is 48.2 Å². The molecule has 1 saturated carbocycles. The second-order valence-electron chi connectivity index (χ2n) is 6.20. The molecule has 0 radical (unpaired) electrons. The van der Waals surface area contributed by atoms with E-state index in [-0.39, 0.29) is 18.5 Å². The molecule has 1 fully saturated rings. The molecular formula is C16H22N6O. The maximum atomic E-state index is 12.2. The fourth-order valence-corrected chi connectivity index (χ4v) is 2.97. The van der Waals surface area contributed by atoms with Gasteiger partial charge >= 0.3 is 0 Å². The zero-order valence-corrected chi connectivity index (χ0v) is 13.3. The largest absolute Gasteiger partial charge is 0.399 e. The predicted molar refractivity (Wildman–Crippen MR) is 87.2 cm³/mol. The molecule has 0 aliphatic heterocycles. The van der Waals surface area contributed by atoms with Crippen molar-refractivity contribution in [3.05, 3.63) is 24.3 Å². The highest BCUT2D eigenvalue weighted by Gasteiger charge is 2.23. The fourth-order valence-electron chi connectivity index (χ4n) is 2.97. The van der Waals surface area contributed by atoms with E-state index in [0.717, 1.165) is 12.0 Å². The Kier molecular flexibility index (Phi) is 4.55. The van der Waals surface area contributed by atoms with Crippen molar-refractivity contribution in [3.63, 3.8) is 0 Å². The highest BCUT2D eigenvalue weighted by molar-refractivity contribution is 5.75. The van der Waals surface area contributed by atoms with Crippen LogP contribution in [0.3, 0.4) is 0 Å². The summed E-state index contributed by atoms with van der Waals surface area (Å²) in [6.45, 7) is 2.28. The van der Waals surface area contributed by atoms with Crippen LogP contribution in [0.5, 0.6) is 0 Å². The first-order chi connectivity index (χ1) is 11.1. The second-order valence-corrected chi connectivity index (χ2v) is 6.20. The molecule has 7 nitrogen and oxygen atoms in total. The summed E-state index contributed by atoms with van der Waals surface area (Å²) >= 11 is 0. The Morgan fingerprint density at radius 3 is 2.78 bits per heavy atom. The molecule has 3 rings (SSSR count). The topological polar surface area (TPSA) is 98.7 Å². The van der Waals surface area contributed by atoms with E-state index in [0.29, 0.717) is 17.4 Å². The van der Waals surface area contributed by atoms with Crippen LogP contribution in [0.15, 0.2) is 24.3 Å². The zero-order valence-electron chi connectivity index (χ0n) is 13.3. The first-order valence-electron chi connectivity index (χ1n) is 8.05. The number of carbonyl (C=O) groups excluding carboxylic acids is 1. The third kappa shape index (κ3) is 3.85. The van der Waals surface area contributed by atoms with Crippen LogP contribution in [0.2, 0.25) is 0 Å². The Morgan fingerprint density at radius 1 is 1.30 bits per heavy atom. The molecule has 1 aliphatic carbocycles. The second kappa shape index (κ2) is 6.76. The van der Waals surface area contributed by atoms with Crippen LogP contribution < -0.4 is 11.1 Å². The lowest BCUT2D eigenvalue weighted by atomic mass is 9.86. The lowest BCUT2D eigenvalue weighted by Crippen LogP contribution is -2.42. The Morgan fingerprint density at radius 2 is 2.04 bits per heavy atom. The number of benzene rings is 1. The Labute approximate surface area is 135 Å². The predicted octanol–water partition coefficient (Wildman–Crippen LogP) is 1.62. The summed E-state index contributed by atoms with van der Waals surface area (Å²) in [6, 6.07) is 7.50. The smallest absolute Gasteiger partial charge is 0.243 e. The number of nitrogens with one attached hydrogen (secondary N) is 1. The summed E-state index contributed by atoms with van der Waals surface area (Å²) < 4.78 is 0. The molecule has 0 spiro atoms. The monoisotopic (exact) mass is 314 g/mol. The van der Waals surface area contributed by atoms with Gasteiger partial charge in [0.15, 0.2) is 0 Å². The number of nitrogen functional groups attached to an aromatic ring is 1. The van der Waals surface area contributed by atoms with Gasteiger partial charge in [-0.2, -0.15) is 4.80 Å². The minimum atomic E-state index is -0.0648. The number of hydrogen-bond acceptors (Lipinski definition) is 5. The molecule has 23 heavy (non-hydrogen) atoms. The average molecular weight is 314 g/mol. The van der Waals surface area contributed by atoms with Crippen molar-refractivity contribution in [3.8, 4) is 11.4 Å². The number of tetrazole rings is 1. The van der Waals surface area contributed by atoms with Gasteiger partial charge in [-0.15, -0.1) is 10.2 Å². The first kappa shape index (κ1) is 15.5. The van der Waals surface area contributed by atoms with Crippen LogP contribution in [0, 0.1) is 5.92 Å². The molecule has 1 amide bonds. The minimum absolute atomic E-state index is 0.0648. The van der Waals surface area contributed by atoms with E-state index in [2.05, 4.69) is 27.7 Å². The SMILES string of the molecule is CC1CCCCC1NC(=O)Cn1nnc(-c2ccc(N)cc2)n1. The van der Waals surface area contributed by atoms with Gasteiger partial charge in [0.05, 0.1) is 0 Å². The molecule has 3 N–H and O–H groups in total. The lowest BCUT2D eigenvalue weighted by Gasteiger charge is -2.29. The molecule has 1 aromatic heterocycles. The van der Waals surface area contributed by atoms with Gasteiger partial charge in [0.2, 0.25) is 11.7 Å². The van der Waals surface area contributed by atoms with Crippen molar-refractivity contribution in [2.75, 3.05) is 5.73 Å². The van der Waals surface area contributed by atoms with E-state index in [1.165, 1.54) is 24.1 Å². The van der Waals surface area contributed by atoms with Crippen LogP contribution in [0.25, 0.3) is 11.4 Å². The number of rotatable bonds is 4. The Hall–Kier alpha value is -2.44. The molecule has 1 heterocycles. The van der Waals surface area contributed by atoms with Crippen LogP contribution in [0.4, 0.5) is 5.69 Å². The normalized spacial score (nSPS) is 21.1. The lowest BCUT2D eigenvalue weighted by molar-refractivity contribution is -0.123. The van der Waals surface area contributed by atoms with E-state index in [1.807, 2.05) is 12.1 Å². The van der Waals surface area contributed by atoms with Gasteiger partial charge in [0.1, 0.15) is 6.54 Å². The minimum Gasteiger partial charge on any atom is -0.399 e. The van der Waals surface area contributed by atoms with Crippen molar-refractivity contribution in [2.24, 2.45) is 5.92 Å². The molecule has 0 saturated heterocycles. The van der Waals surface area contributed by atoms with Crippen molar-refractivity contribution >= 4 is 11.6 Å². The summed E-state index contributed by atoms with van der Waals surface area (Å²) in [4.78, 5) is 13.5. The van der Waals surface area contributed by atoms with Crippen molar-refractivity contribution in [1.82, 2.24) is 25.5 Å². The van der Waals surface area contributed by atoms with Gasteiger partial charge in [-0.1, -0.05) is 19.8 Å². The van der Waals surface area contributed by atoms with E-state index < -0.39 is 0 Å². The van der Waals surface area contributed by atoms with Gasteiger partial charge in [-0.3, -0.25) is 4.79 Å². The maximum absolute atomic E-state index is 12.2. The van der Waals surface area contributed by atoms with Crippen molar-refractivity contribution in [1.29, 1.82) is 0 Å². The highest BCUT2D eigenvalue weighted by Crippen LogP contribution is 2.23. The van der Waals surface area contributed by atoms with Crippen LogP contribution >= 0.6 is 0 Å². The number of nitrogens with zero attached hydrogens (tertiary/aromatic N) is 4.